The summed E-state index contributed by atoms with van der Waals surface area (Å²) in [6.45, 7) is 19.9. The number of benzene rings is 3. The molecule has 0 aliphatic carbocycles. The molecule has 2 fully saturated rings. The normalized spacial score (nSPS) is 16.1. The number of hydrogen-bond donors (Lipinski definition) is 1. The van der Waals surface area contributed by atoms with Gasteiger partial charge in [-0.3, -0.25) is 0 Å². The lowest BCUT2D eigenvalue weighted by atomic mass is 10.00. The molecule has 0 unspecified atom stereocenters. The Balaban J connectivity index is 0.000000276. The van der Waals surface area contributed by atoms with E-state index in [4.69, 9.17) is 33.5 Å². The number of ether oxygens (including phenoxy) is 6. The number of piperidine rings is 2. The number of rotatable bonds is 7. The van der Waals surface area contributed by atoms with Crippen LogP contribution in [0.4, 0.5) is 14.4 Å². The summed E-state index contributed by atoms with van der Waals surface area (Å²) in [4.78, 5) is 65.4. The molecule has 0 bridgehead atoms. The highest BCUT2D eigenvalue weighted by Gasteiger charge is 2.30. The molecule has 1 N–H and O–H groups in total. The summed E-state index contributed by atoms with van der Waals surface area (Å²) in [5.74, 6) is 0.292. The Bertz CT molecular complexity index is 2050. The molecule has 3 heterocycles. The minimum atomic E-state index is -0.956. The number of esters is 1. The molecule has 3 aliphatic heterocycles. The van der Waals surface area contributed by atoms with E-state index in [1.165, 1.54) is 12.1 Å². The number of aromatic carboxylic acids is 1. The molecule has 0 spiro atoms. The third kappa shape index (κ3) is 15.4. The summed E-state index contributed by atoms with van der Waals surface area (Å²) < 4.78 is 33.9. The van der Waals surface area contributed by atoms with E-state index >= 15 is 0 Å². The van der Waals surface area contributed by atoms with Crippen molar-refractivity contribution in [1.29, 1.82) is 0 Å². The van der Waals surface area contributed by atoms with Crippen molar-refractivity contribution < 1.29 is 57.5 Å². The highest BCUT2D eigenvalue weighted by Crippen LogP contribution is 2.27. The van der Waals surface area contributed by atoms with Gasteiger partial charge in [-0.1, -0.05) is 6.07 Å². The van der Waals surface area contributed by atoms with E-state index in [1.54, 1.807) is 57.2 Å². The molecule has 63 heavy (non-hydrogen) atoms. The van der Waals surface area contributed by atoms with E-state index in [9.17, 15) is 24.0 Å². The number of carboxylic acid groups (broad SMARTS) is 1. The fourth-order valence-corrected chi connectivity index (χ4v) is 6.94. The van der Waals surface area contributed by atoms with Crippen molar-refractivity contribution in [3.8, 4) is 17.2 Å². The number of hydrogen-bond acceptors (Lipinski definition) is 11. The first kappa shape index (κ1) is 48.0. The molecule has 15 nitrogen and oxygen atoms in total. The second-order valence-electron chi connectivity index (χ2n) is 18.9. The van der Waals surface area contributed by atoms with Crippen LogP contribution in [0.15, 0.2) is 66.7 Å². The van der Waals surface area contributed by atoms with Gasteiger partial charge in [0, 0.05) is 65.0 Å². The summed E-state index contributed by atoms with van der Waals surface area (Å²) in [5.41, 5.74) is 1.13. The van der Waals surface area contributed by atoms with Gasteiger partial charge in [-0.05, 0) is 141 Å². The van der Waals surface area contributed by atoms with Gasteiger partial charge in [-0.15, -0.1) is 0 Å². The van der Waals surface area contributed by atoms with Crippen molar-refractivity contribution in [3.05, 3.63) is 89.0 Å². The highest BCUT2D eigenvalue weighted by atomic mass is 16.6. The monoisotopic (exact) mass is 873 g/mol. The van der Waals surface area contributed by atoms with Crippen molar-refractivity contribution in [3.63, 3.8) is 0 Å². The molecule has 0 saturated carbocycles. The fraction of sp³-hybridized carbons (Fsp3) is 0.521. The second-order valence-corrected chi connectivity index (χ2v) is 18.9. The van der Waals surface area contributed by atoms with Gasteiger partial charge in [-0.2, -0.15) is 0 Å². The molecule has 0 aromatic heterocycles. The maximum Gasteiger partial charge on any atom is 0.410 e. The first-order valence-electron chi connectivity index (χ1n) is 21.5. The number of carbonyl (C=O) groups is 5. The maximum atomic E-state index is 12.8. The van der Waals surface area contributed by atoms with Crippen LogP contribution in [-0.4, -0.2) is 112 Å². The molecule has 6 rings (SSSR count). The van der Waals surface area contributed by atoms with Gasteiger partial charge in [-0.25, -0.2) is 24.0 Å². The third-order valence-electron chi connectivity index (χ3n) is 10.0. The Morgan fingerprint density at radius 3 is 1.32 bits per heavy atom. The smallest absolute Gasteiger partial charge is 0.410 e. The van der Waals surface area contributed by atoms with E-state index < -0.39 is 28.7 Å². The van der Waals surface area contributed by atoms with Crippen LogP contribution in [0.5, 0.6) is 17.2 Å². The SMILES string of the molecule is CC(C)(C)OC(=O)N1CCC(Oc2ccc(C(=O)O)cc2)CC1.CC(C)(C)OC(=O)N1CCC(Oc2ccc(C(=O)Oc3ccc4c(c3)CN(C(=O)OC(C)(C)C)CC4)cc2)CC1. The summed E-state index contributed by atoms with van der Waals surface area (Å²) in [6, 6.07) is 18.7. The molecule has 3 aliphatic rings. The van der Waals surface area contributed by atoms with Gasteiger partial charge < -0.3 is 48.2 Å². The number of carboxylic acids is 1. The number of fused-ring (bicyclic) bond motifs is 1. The van der Waals surface area contributed by atoms with E-state index in [2.05, 4.69) is 0 Å². The van der Waals surface area contributed by atoms with Crippen LogP contribution in [0.2, 0.25) is 0 Å². The van der Waals surface area contributed by atoms with Crippen molar-refractivity contribution in [2.24, 2.45) is 0 Å². The molecular weight excluding hydrogens is 811 g/mol. The molecule has 0 atom stereocenters. The molecular formula is C48H63N3O12. The quantitative estimate of drug-likeness (QED) is 0.136. The van der Waals surface area contributed by atoms with Crippen LogP contribution >= 0.6 is 0 Å². The Kier molecular flexibility index (Phi) is 15.6. The zero-order chi connectivity index (χ0) is 46.1. The van der Waals surface area contributed by atoms with Crippen LogP contribution in [0, 0.1) is 0 Å². The van der Waals surface area contributed by atoms with Crippen molar-refractivity contribution in [2.45, 2.75) is 130 Å². The average molecular weight is 874 g/mol. The number of nitrogens with zero attached hydrogens (tertiary/aromatic N) is 3. The van der Waals surface area contributed by atoms with E-state index in [0.29, 0.717) is 81.3 Å². The van der Waals surface area contributed by atoms with Crippen LogP contribution in [-0.2, 0) is 27.2 Å². The Morgan fingerprint density at radius 1 is 0.508 bits per heavy atom. The minimum absolute atomic E-state index is 0.0179. The Labute approximate surface area is 370 Å². The largest absolute Gasteiger partial charge is 0.490 e. The third-order valence-corrected chi connectivity index (χ3v) is 10.0. The standard InChI is InChI=1S/C31H40N2O7.C17H23NO5/c1-30(2,3)39-28(35)32-17-14-25(15-18-32)37-24-10-8-22(9-11-24)27(34)38-26-12-7-21-13-16-33(20-23(21)19-26)29(36)40-31(4,5)6;1-17(2,3)23-16(21)18-10-8-14(9-11-18)22-13-6-4-12(5-7-13)15(19)20/h7-12,19,25H,13-18,20H2,1-6H3;4-7,14H,8-11H2,1-3H3,(H,19,20). The molecule has 342 valence electrons. The molecule has 2 saturated heterocycles. The average Bonchev–Trinajstić information content (AvgIpc) is 3.20. The Morgan fingerprint density at radius 2 is 0.905 bits per heavy atom. The second kappa shape index (κ2) is 20.5. The lowest BCUT2D eigenvalue weighted by Gasteiger charge is -2.33. The van der Waals surface area contributed by atoms with Crippen LogP contribution in [0.25, 0.3) is 0 Å². The van der Waals surface area contributed by atoms with Gasteiger partial charge in [0.2, 0.25) is 0 Å². The van der Waals surface area contributed by atoms with E-state index in [0.717, 1.165) is 24.0 Å². The van der Waals surface area contributed by atoms with Crippen molar-refractivity contribution >= 4 is 30.2 Å². The minimum Gasteiger partial charge on any atom is -0.490 e. The summed E-state index contributed by atoms with van der Waals surface area (Å²) in [7, 11) is 0. The van der Waals surface area contributed by atoms with Crippen molar-refractivity contribution in [2.75, 3.05) is 32.7 Å². The van der Waals surface area contributed by atoms with Gasteiger partial charge >= 0.3 is 30.2 Å². The number of carbonyl (C=O) groups excluding carboxylic acids is 4. The highest BCUT2D eigenvalue weighted by molar-refractivity contribution is 5.91. The zero-order valence-corrected chi connectivity index (χ0v) is 38.1. The van der Waals surface area contributed by atoms with E-state index in [1.807, 2.05) is 74.4 Å². The summed E-state index contributed by atoms with van der Waals surface area (Å²) in [5, 5.41) is 8.87. The van der Waals surface area contributed by atoms with Crippen LogP contribution in [0.1, 0.15) is 120 Å². The first-order chi connectivity index (χ1) is 29.5. The van der Waals surface area contributed by atoms with Gasteiger partial charge in [0.25, 0.3) is 0 Å². The van der Waals surface area contributed by atoms with Crippen LogP contribution in [0.3, 0.4) is 0 Å². The van der Waals surface area contributed by atoms with Crippen molar-refractivity contribution in [1.82, 2.24) is 14.7 Å². The summed E-state index contributed by atoms with van der Waals surface area (Å²) >= 11 is 0. The predicted molar refractivity (Wildman–Crippen MR) is 235 cm³/mol. The number of amides is 3. The molecule has 15 heteroatoms. The molecule has 3 amide bonds. The lowest BCUT2D eigenvalue weighted by molar-refractivity contribution is 0.0115. The topological polar surface area (TPSA) is 171 Å². The summed E-state index contributed by atoms with van der Waals surface area (Å²) in [6.07, 6.45) is 2.62. The van der Waals surface area contributed by atoms with Gasteiger partial charge in [0.05, 0.1) is 11.1 Å². The fourth-order valence-electron chi connectivity index (χ4n) is 6.94. The number of likely N-dealkylation sites (tertiary alicyclic amines) is 2. The van der Waals surface area contributed by atoms with Crippen LogP contribution < -0.4 is 14.2 Å². The zero-order valence-electron chi connectivity index (χ0n) is 38.1. The lowest BCUT2D eigenvalue weighted by Crippen LogP contribution is -2.44. The molecule has 3 aromatic carbocycles. The molecule has 0 radical (unpaired) electrons. The Hall–Kier alpha value is -5.99. The molecule has 3 aromatic rings. The first-order valence-corrected chi connectivity index (χ1v) is 21.5. The van der Waals surface area contributed by atoms with Gasteiger partial charge in [0.15, 0.2) is 0 Å². The maximum absolute atomic E-state index is 12.8. The van der Waals surface area contributed by atoms with Gasteiger partial charge in [0.1, 0.15) is 46.3 Å². The predicted octanol–water partition coefficient (Wildman–Crippen LogP) is 9.14. The van der Waals surface area contributed by atoms with E-state index in [-0.39, 0.29) is 36.1 Å².